The van der Waals surface area contributed by atoms with E-state index in [2.05, 4.69) is 11.4 Å². The standard InChI is InChI=1S/C26H30N2O3/c1-18(19-8-4-3-5-9-19)28-24(29)16-26(17-27)15-14-21-22(26)12-13-23(30-2)25(21)31-20-10-6-7-11-20/h3-5,8-9,12-13,18,20H,6-7,10-11,14-16H2,1-2H3,(H,28,29)/t18-,26-/m0/s1. The molecule has 0 spiro atoms. The molecule has 0 saturated heterocycles. The molecule has 2 aliphatic rings. The first-order valence-electron chi connectivity index (χ1n) is 11.2. The van der Waals surface area contributed by atoms with Crippen LogP contribution in [0, 0.1) is 11.3 Å². The molecule has 1 N–H and O–H groups in total. The molecule has 1 amide bonds. The van der Waals surface area contributed by atoms with Crippen molar-refractivity contribution in [2.75, 3.05) is 7.11 Å². The molecule has 5 nitrogen and oxygen atoms in total. The van der Waals surface area contributed by atoms with Crippen molar-refractivity contribution >= 4 is 5.91 Å². The summed E-state index contributed by atoms with van der Waals surface area (Å²) < 4.78 is 11.9. The van der Waals surface area contributed by atoms with Crippen LogP contribution in [0.15, 0.2) is 42.5 Å². The molecule has 0 heterocycles. The number of nitrogens with zero attached hydrogens (tertiary/aromatic N) is 1. The number of carbonyl (C=O) groups is 1. The maximum absolute atomic E-state index is 12.9. The number of carbonyl (C=O) groups excluding carboxylic acids is 1. The zero-order valence-corrected chi connectivity index (χ0v) is 18.3. The molecule has 1 fully saturated rings. The molecule has 0 aromatic heterocycles. The van der Waals surface area contributed by atoms with Crippen LogP contribution < -0.4 is 14.8 Å². The van der Waals surface area contributed by atoms with Gasteiger partial charge in [-0.2, -0.15) is 5.26 Å². The Labute approximate surface area is 184 Å². The van der Waals surface area contributed by atoms with Crippen LogP contribution in [0.25, 0.3) is 0 Å². The lowest BCUT2D eigenvalue weighted by Crippen LogP contribution is -2.34. The van der Waals surface area contributed by atoms with Crippen molar-refractivity contribution in [1.29, 1.82) is 5.26 Å². The van der Waals surface area contributed by atoms with E-state index in [0.717, 1.165) is 35.3 Å². The van der Waals surface area contributed by atoms with Crippen LogP contribution >= 0.6 is 0 Å². The second kappa shape index (κ2) is 9.01. The fourth-order valence-corrected chi connectivity index (χ4v) is 4.97. The van der Waals surface area contributed by atoms with Crippen molar-refractivity contribution < 1.29 is 14.3 Å². The average molecular weight is 419 g/mol. The predicted octanol–water partition coefficient (Wildman–Crippen LogP) is 4.99. The first-order chi connectivity index (χ1) is 15.1. The number of nitriles is 1. The lowest BCUT2D eigenvalue weighted by atomic mass is 9.80. The Balaban J connectivity index is 1.56. The maximum Gasteiger partial charge on any atom is 0.222 e. The van der Waals surface area contributed by atoms with E-state index in [-0.39, 0.29) is 24.5 Å². The van der Waals surface area contributed by atoms with Crippen molar-refractivity contribution in [2.24, 2.45) is 0 Å². The van der Waals surface area contributed by atoms with Crippen molar-refractivity contribution in [2.45, 2.75) is 69.4 Å². The monoisotopic (exact) mass is 418 g/mol. The number of amides is 1. The number of hydrogen-bond donors (Lipinski definition) is 1. The molecule has 0 radical (unpaired) electrons. The maximum atomic E-state index is 12.9. The van der Waals surface area contributed by atoms with Crippen LogP contribution in [0.2, 0.25) is 0 Å². The van der Waals surface area contributed by atoms with E-state index in [1.165, 1.54) is 12.8 Å². The molecule has 2 aromatic rings. The minimum atomic E-state index is -0.837. The van der Waals surface area contributed by atoms with Gasteiger partial charge in [-0.25, -0.2) is 0 Å². The largest absolute Gasteiger partial charge is 0.493 e. The number of nitrogens with one attached hydrogen (secondary N) is 1. The Morgan fingerprint density at radius 1 is 1.23 bits per heavy atom. The number of fused-ring (bicyclic) bond motifs is 1. The van der Waals surface area contributed by atoms with E-state index in [1.807, 2.05) is 49.4 Å². The summed E-state index contributed by atoms with van der Waals surface area (Å²) in [5, 5.41) is 13.2. The fraction of sp³-hybridized carbons (Fsp3) is 0.462. The second-order valence-electron chi connectivity index (χ2n) is 8.72. The number of rotatable bonds is 7. The van der Waals surface area contributed by atoms with Crippen LogP contribution in [0.5, 0.6) is 11.5 Å². The molecule has 162 valence electrons. The Bertz CT molecular complexity index is 976. The molecular formula is C26H30N2O3. The minimum absolute atomic E-state index is 0.109. The van der Waals surface area contributed by atoms with Gasteiger partial charge in [0.25, 0.3) is 0 Å². The summed E-state index contributed by atoms with van der Waals surface area (Å²) in [5.41, 5.74) is 2.14. The molecular weight excluding hydrogens is 388 g/mol. The van der Waals surface area contributed by atoms with Crippen LogP contribution in [0.4, 0.5) is 0 Å². The van der Waals surface area contributed by atoms with Gasteiger partial charge >= 0.3 is 0 Å². The van der Waals surface area contributed by atoms with Crippen molar-refractivity contribution in [3.05, 3.63) is 59.2 Å². The first-order valence-corrected chi connectivity index (χ1v) is 11.2. The van der Waals surface area contributed by atoms with Gasteiger partial charge in [0.2, 0.25) is 5.91 Å². The first kappa shape index (κ1) is 21.2. The van der Waals surface area contributed by atoms with Crippen molar-refractivity contribution in [3.8, 4) is 17.6 Å². The topological polar surface area (TPSA) is 71.3 Å². The third-order valence-corrected chi connectivity index (χ3v) is 6.70. The number of benzene rings is 2. The van der Waals surface area contributed by atoms with E-state index in [4.69, 9.17) is 9.47 Å². The zero-order chi connectivity index (χ0) is 21.8. The highest BCUT2D eigenvalue weighted by Crippen LogP contribution is 2.48. The Morgan fingerprint density at radius 3 is 2.65 bits per heavy atom. The minimum Gasteiger partial charge on any atom is -0.493 e. The molecule has 2 atom stereocenters. The van der Waals surface area contributed by atoms with E-state index in [9.17, 15) is 10.1 Å². The van der Waals surface area contributed by atoms with E-state index < -0.39 is 5.41 Å². The molecule has 5 heteroatoms. The number of ether oxygens (including phenoxy) is 2. The Morgan fingerprint density at radius 2 is 1.97 bits per heavy atom. The van der Waals surface area contributed by atoms with Gasteiger partial charge in [-0.05, 0) is 62.6 Å². The Hall–Kier alpha value is -3.00. The van der Waals surface area contributed by atoms with Crippen molar-refractivity contribution in [3.63, 3.8) is 0 Å². The van der Waals surface area contributed by atoms with Gasteiger partial charge in [-0.15, -0.1) is 0 Å². The number of methoxy groups -OCH3 is 1. The highest BCUT2D eigenvalue weighted by atomic mass is 16.5. The third-order valence-electron chi connectivity index (χ3n) is 6.70. The highest BCUT2D eigenvalue weighted by molar-refractivity contribution is 5.79. The molecule has 2 aliphatic carbocycles. The summed E-state index contributed by atoms with van der Waals surface area (Å²) in [6, 6.07) is 16.1. The lowest BCUT2D eigenvalue weighted by Gasteiger charge is -2.24. The SMILES string of the molecule is COc1ccc2c(c1OC1CCCC1)CC[C@@]2(C#N)CC(=O)N[C@@H](C)c1ccccc1. The smallest absolute Gasteiger partial charge is 0.222 e. The van der Waals surface area contributed by atoms with Gasteiger partial charge in [0, 0.05) is 12.0 Å². The van der Waals surface area contributed by atoms with E-state index >= 15 is 0 Å². The predicted molar refractivity (Wildman–Crippen MR) is 119 cm³/mol. The molecule has 2 aromatic carbocycles. The quantitative estimate of drug-likeness (QED) is 0.687. The molecule has 0 unspecified atom stereocenters. The van der Waals surface area contributed by atoms with Crippen molar-refractivity contribution in [1.82, 2.24) is 5.32 Å². The zero-order valence-electron chi connectivity index (χ0n) is 18.3. The molecule has 31 heavy (non-hydrogen) atoms. The molecule has 0 aliphatic heterocycles. The average Bonchev–Trinajstić information content (AvgIpc) is 3.43. The van der Waals surface area contributed by atoms with Crippen LogP contribution in [0.3, 0.4) is 0 Å². The van der Waals surface area contributed by atoms with Gasteiger partial charge < -0.3 is 14.8 Å². The summed E-state index contributed by atoms with van der Waals surface area (Å²) in [7, 11) is 1.65. The van der Waals surface area contributed by atoms with E-state index in [0.29, 0.717) is 18.6 Å². The number of hydrogen-bond acceptors (Lipinski definition) is 4. The van der Waals surface area contributed by atoms with Crippen LogP contribution in [0.1, 0.15) is 68.2 Å². The summed E-state index contributed by atoms with van der Waals surface area (Å²) in [4.78, 5) is 12.9. The van der Waals surface area contributed by atoms with Gasteiger partial charge in [-0.1, -0.05) is 36.4 Å². The molecule has 4 rings (SSSR count). The fourth-order valence-electron chi connectivity index (χ4n) is 4.97. The highest BCUT2D eigenvalue weighted by Gasteiger charge is 2.43. The van der Waals surface area contributed by atoms with Crippen LogP contribution in [-0.2, 0) is 16.6 Å². The molecule has 1 saturated carbocycles. The van der Waals surface area contributed by atoms with Gasteiger partial charge in [0.15, 0.2) is 11.5 Å². The van der Waals surface area contributed by atoms with Gasteiger partial charge in [-0.3, -0.25) is 4.79 Å². The summed E-state index contributed by atoms with van der Waals surface area (Å²) in [6.07, 6.45) is 6.14. The van der Waals surface area contributed by atoms with Crippen LogP contribution in [-0.4, -0.2) is 19.1 Å². The summed E-state index contributed by atoms with van der Waals surface area (Å²) >= 11 is 0. The summed E-state index contributed by atoms with van der Waals surface area (Å²) in [6.45, 7) is 1.97. The molecule has 0 bridgehead atoms. The van der Waals surface area contributed by atoms with Gasteiger partial charge in [0.05, 0.1) is 30.7 Å². The van der Waals surface area contributed by atoms with Gasteiger partial charge in [0.1, 0.15) is 0 Å². The summed E-state index contributed by atoms with van der Waals surface area (Å²) in [5.74, 6) is 1.36. The Kier molecular flexibility index (Phi) is 6.18. The lowest BCUT2D eigenvalue weighted by molar-refractivity contribution is -0.122. The normalized spacial score (nSPS) is 21.2. The third kappa shape index (κ3) is 4.25. The second-order valence-corrected chi connectivity index (χ2v) is 8.72. The van der Waals surface area contributed by atoms with E-state index in [1.54, 1.807) is 7.11 Å².